The molecule has 0 fully saturated rings. The Balaban J connectivity index is 1.89. The van der Waals surface area contributed by atoms with Gasteiger partial charge in [-0.1, -0.05) is 25.0 Å². The SMILES string of the molecule is CC(C)NCc1nnc(NCc2ccc(F)c(F)c2)o1. The van der Waals surface area contributed by atoms with Crippen LogP contribution in [0.3, 0.4) is 0 Å². The number of nitrogens with one attached hydrogen (secondary N) is 2. The van der Waals surface area contributed by atoms with Crippen molar-refractivity contribution in [3.8, 4) is 0 Å². The smallest absolute Gasteiger partial charge is 0.315 e. The fraction of sp³-hybridized carbons (Fsp3) is 0.385. The molecule has 2 N–H and O–H groups in total. The lowest BCUT2D eigenvalue weighted by atomic mass is 10.2. The molecule has 108 valence electrons. The van der Waals surface area contributed by atoms with Gasteiger partial charge >= 0.3 is 6.01 Å². The highest BCUT2D eigenvalue weighted by Gasteiger charge is 2.07. The number of rotatable bonds is 6. The van der Waals surface area contributed by atoms with Gasteiger partial charge in [-0.05, 0) is 17.7 Å². The molecule has 0 radical (unpaired) electrons. The normalized spacial score (nSPS) is 11.1. The van der Waals surface area contributed by atoms with Crippen molar-refractivity contribution < 1.29 is 13.2 Å². The molecule has 0 unspecified atom stereocenters. The van der Waals surface area contributed by atoms with Crippen LogP contribution in [0.4, 0.5) is 14.8 Å². The third kappa shape index (κ3) is 3.99. The number of anilines is 1. The third-order valence-electron chi connectivity index (χ3n) is 2.56. The Kier molecular flexibility index (Phi) is 4.62. The van der Waals surface area contributed by atoms with Crippen LogP contribution < -0.4 is 10.6 Å². The average Bonchev–Trinajstić information content (AvgIpc) is 2.86. The summed E-state index contributed by atoms with van der Waals surface area (Å²) in [7, 11) is 0. The molecule has 1 aromatic carbocycles. The van der Waals surface area contributed by atoms with Gasteiger partial charge in [0.25, 0.3) is 0 Å². The van der Waals surface area contributed by atoms with Crippen LogP contribution in [0.1, 0.15) is 25.3 Å². The highest BCUT2D eigenvalue weighted by molar-refractivity contribution is 5.24. The van der Waals surface area contributed by atoms with Crippen molar-refractivity contribution >= 4 is 6.01 Å². The van der Waals surface area contributed by atoms with Gasteiger partial charge in [0, 0.05) is 12.6 Å². The second kappa shape index (κ2) is 6.42. The van der Waals surface area contributed by atoms with Gasteiger partial charge in [-0.25, -0.2) is 8.78 Å². The molecule has 1 aromatic heterocycles. The molecule has 7 heteroatoms. The molecule has 0 spiro atoms. The van der Waals surface area contributed by atoms with E-state index in [9.17, 15) is 8.78 Å². The fourth-order valence-corrected chi connectivity index (χ4v) is 1.52. The second-order valence-electron chi connectivity index (χ2n) is 4.64. The first-order chi connectivity index (χ1) is 9.54. The average molecular weight is 282 g/mol. The molecule has 0 amide bonds. The van der Waals surface area contributed by atoms with Crippen molar-refractivity contribution in [3.05, 3.63) is 41.3 Å². The molecule has 2 aromatic rings. The topological polar surface area (TPSA) is 63.0 Å². The van der Waals surface area contributed by atoms with E-state index in [0.29, 0.717) is 24.0 Å². The summed E-state index contributed by atoms with van der Waals surface area (Å²) in [5.74, 6) is -1.28. The summed E-state index contributed by atoms with van der Waals surface area (Å²) in [6, 6.07) is 4.26. The van der Waals surface area contributed by atoms with E-state index in [1.807, 2.05) is 13.8 Å². The number of hydrogen-bond donors (Lipinski definition) is 2. The maximum absolute atomic E-state index is 13.0. The van der Waals surface area contributed by atoms with Crippen LogP contribution in [0.15, 0.2) is 22.6 Å². The highest BCUT2D eigenvalue weighted by atomic mass is 19.2. The lowest BCUT2D eigenvalue weighted by molar-refractivity contribution is 0.458. The molecule has 1 heterocycles. The van der Waals surface area contributed by atoms with Crippen LogP contribution in [0, 0.1) is 11.6 Å². The minimum Gasteiger partial charge on any atom is -0.407 e. The van der Waals surface area contributed by atoms with E-state index in [0.717, 1.165) is 12.1 Å². The summed E-state index contributed by atoms with van der Waals surface area (Å²) in [6.45, 7) is 4.78. The van der Waals surface area contributed by atoms with Crippen molar-refractivity contribution in [2.45, 2.75) is 33.0 Å². The summed E-state index contributed by atoms with van der Waals surface area (Å²) < 4.78 is 31.1. The Bertz CT molecular complexity index is 571. The van der Waals surface area contributed by atoms with Crippen LogP contribution in [0.25, 0.3) is 0 Å². The summed E-state index contributed by atoms with van der Waals surface area (Å²) in [5.41, 5.74) is 0.587. The molecule has 20 heavy (non-hydrogen) atoms. The zero-order chi connectivity index (χ0) is 14.5. The van der Waals surface area contributed by atoms with Crippen molar-refractivity contribution in [3.63, 3.8) is 0 Å². The van der Waals surface area contributed by atoms with E-state index in [2.05, 4.69) is 20.8 Å². The van der Waals surface area contributed by atoms with Crippen molar-refractivity contribution in [2.75, 3.05) is 5.32 Å². The molecule has 0 saturated heterocycles. The predicted octanol–water partition coefficient (Wildman–Crippen LogP) is 2.46. The maximum Gasteiger partial charge on any atom is 0.315 e. The Morgan fingerprint density at radius 3 is 2.65 bits per heavy atom. The fourth-order valence-electron chi connectivity index (χ4n) is 1.52. The summed E-state index contributed by atoms with van der Waals surface area (Å²) in [4.78, 5) is 0. The minimum absolute atomic E-state index is 0.246. The lowest BCUT2D eigenvalue weighted by Gasteiger charge is -2.04. The van der Waals surface area contributed by atoms with Gasteiger partial charge in [-0.15, -0.1) is 5.10 Å². The Morgan fingerprint density at radius 1 is 1.15 bits per heavy atom. The predicted molar refractivity (Wildman–Crippen MR) is 70.0 cm³/mol. The van der Waals surface area contributed by atoms with Gasteiger partial charge in [0.05, 0.1) is 6.54 Å². The van der Waals surface area contributed by atoms with E-state index in [1.54, 1.807) is 0 Å². The standard InChI is InChI=1S/C13H16F2N4O/c1-8(2)16-7-12-18-19-13(20-12)17-6-9-3-4-10(14)11(15)5-9/h3-5,8,16H,6-7H2,1-2H3,(H,17,19). The van der Waals surface area contributed by atoms with Crippen molar-refractivity contribution in [1.82, 2.24) is 15.5 Å². The van der Waals surface area contributed by atoms with Crippen LogP contribution in [0.2, 0.25) is 0 Å². The Hall–Kier alpha value is -2.02. The van der Waals surface area contributed by atoms with Crippen LogP contribution in [0.5, 0.6) is 0 Å². The molecule has 0 aliphatic heterocycles. The van der Waals surface area contributed by atoms with Gasteiger partial charge in [0.1, 0.15) is 0 Å². The Morgan fingerprint density at radius 2 is 1.95 bits per heavy atom. The first-order valence-electron chi connectivity index (χ1n) is 6.28. The van der Waals surface area contributed by atoms with Gasteiger partial charge in [-0.2, -0.15) is 0 Å². The molecular formula is C13H16F2N4O. The van der Waals surface area contributed by atoms with E-state index in [-0.39, 0.29) is 12.6 Å². The van der Waals surface area contributed by atoms with Gasteiger partial charge in [0.15, 0.2) is 11.6 Å². The number of aromatic nitrogens is 2. The first-order valence-corrected chi connectivity index (χ1v) is 6.28. The zero-order valence-corrected chi connectivity index (χ0v) is 11.3. The molecule has 0 saturated carbocycles. The zero-order valence-electron chi connectivity index (χ0n) is 11.3. The van der Waals surface area contributed by atoms with Gasteiger partial charge in [0.2, 0.25) is 5.89 Å². The molecule has 0 atom stereocenters. The van der Waals surface area contributed by atoms with Gasteiger partial charge < -0.3 is 15.1 Å². The molecular weight excluding hydrogens is 266 g/mol. The molecule has 0 bridgehead atoms. The van der Waals surface area contributed by atoms with E-state index >= 15 is 0 Å². The first kappa shape index (κ1) is 14.4. The van der Waals surface area contributed by atoms with E-state index in [1.165, 1.54) is 6.07 Å². The summed E-state index contributed by atoms with van der Waals surface area (Å²) in [5, 5.41) is 13.7. The third-order valence-corrected chi connectivity index (χ3v) is 2.56. The molecule has 0 aliphatic rings. The number of benzene rings is 1. The minimum atomic E-state index is -0.878. The number of halogens is 2. The maximum atomic E-state index is 13.0. The van der Waals surface area contributed by atoms with Gasteiger partial charge in [-0.3, -0.25) is 0 Å². The highest BCUT2D eigenvalue weighted by Crippen LogP contribution is 2.11. The number of nitrogens with zero attached hydrogens (tertiary/aromatic N) is 2. The lowest BCUT2D eigenvalue weighted by Crippen LogP contribution is -2.21. The Labute approximate surface area is 115 Å². The quantitative estimate of drug-likeness (QED) is 0.852. The van der Waals surface area contributed by atoms with Crippen LogP contribution in [-0.2, 0) is 13.1 Å². The summed E-state index contributed by atoms with van der Waals surface area (Å²) >= 11 is 0. The summed E-state index contributed by atoms with van der Waals surface area (Å²) in [6.07, 6.45) is 0. The van der Waals surface area contributed by atoms with Crippen molar-refractivity contribution in [2.24, 2.45) is 0 Å². The van der Waals surface area contributed by atoms with Crippen molar-refractivity contribution in [1.29, 1.82) is 0 Å². The van der Waals surface area contributed by atoms with Crippen LogP contribution >= 0.6 is 0 Å². The monoisotopic (exact) mass is 282 g/mol. The molecule has 0 aliphatic carbocycles. The molecule has 5 nitrogen and oxygen atoms in total. The van der Waals surface area contributed by atoms with Crippen LogP contribution in [-0.4, -0.2) is 16.2 Å². The molecule has 2 rings (SSSR count). The largest absolute Gasteiger partial charge is 0.407 e. The van der Waals surface area contributed by atoms with E-state index < -0.39 is 11.6 Å². The second-order valence-corrected chi connectivity index (χ2v) is 4.64. The van der Waals surface area contributed by atoms with E-state index in [4.69, 9.17) is 4.42 Å². The number of hydrogen-bond acceptors (Lipinski definition) is 5.